The van der Waals surface area contributed by atoms with Gasteiger partial charge in [0.15, 0.2) is 0 Å². The molecule has 2 atom stereocenters. The van der Waals surface area contributed by atoms with Crippen LogP contribution in [0.4, 0.5) is 0 Å². The molecule has 0 radical (unpaired) electrons. The van der Waals surface area contributed by atoms with Crippen molar-refractivity contribution in [3.8, 4) is 0 Å². The van der Waals surface area contributed by atoms with E-state index in [-0.39, 0.29) is 13.0 Å². The first-order chi connectivity index (χ1) is 10.9. The molecule has 0 spiro atoms. The Hall–Kier alpha value is -1.88. The minimum Gasteiger partial charge on any atom is -0.387 e. The van der Waals surface area contributed by atoms with Gasteiger partial charge in [0, 0.05) is 18.0 Å². The third-order valence-corrected chi connectivity index (χ3v) is 3.84. The van der Waals surface area contributed by atoms with E-state index in [0.717, 1.165) is 5.56 Å². The molecule has 122 valence electrons. The van der Waals surface area contributed by atoms with Crippen molar-refractivity contribution in [1.82, 2.24) is 5.32 Å². The molecule has 23 heavy (non-hydrogen) atoms. The smallest absolute Gasteiger partial charge is 0.252 e. The summed E-state index contributed by atoms with van der Waals surface area (Å²) in [6, 6.07) is 16.0. The lowest BCUT2D eigenvalue weighted by Gasteiger charge is -2.23. The highest BCUT2D eigenvalue weighted by Gasteiger charge is 2.30. The second-order valence-electron chi connectivity index (χ2n) is 5.71. The zero-order chi connectivity index (χ0) is 16.9. The lowest BCUT2D eigenvalue weighted by molar-refractivity contribution is -0.138. The number of hydrogen-bond donors (Lipinski definition) is 3. The molecule has 0 saturated carbocycles. The van der Waals surface area contributed by atoms with Crippen LogP contribution in [-0.4, -0.2) is 28.3 Å². The van der Waals surface area contributed by atoms with Gasteiger partial charge in [0.05, 0.1) is 6.10 Å². The van der Waals surface area contributed by atoms with Crippen molar-refractivity contribution in [2.45, 2.75) is 25.0 Å². The molecular weight excluding hydrogens is 314 g/mol. The van der Waals surface area contributed by atoms with Gasteiger partial charge in [-0.1, -0.05) is 54.1 Å². The monoisotopic (exact) mass is 333 g/mol. The summed E-state index contributed by atoms with van der Waals surface area (Å²) < 4.78 is 0. The quantitative estimate of drug-likeness (QED) is 0.760. The Kier molecular flexibility index (Phi) is 5.77. The molecule has 0 aromatic heterocycles. The molecule has 2 aromatic carbocycles. The summed E-state index contributed by atoms with van der Waals surface area (Å²) in [7, 11) is 0. The number of halogens is 1. The molecule has 5 heteroatoms. The number of rotatable bonds is 6. The number of hydrogen-bond acceptors (Lipinski definition) is 3. The van der Waals surface area contributed by atoms with Crippen molar-refractivity contribution >= 4 is 17.5 Å². The van der Waals surface area contributed by atoms with Crippen LogP contribution in [0, 0.1) is 0 Å². The van der Waals surface area contributed by atoms with Crippen molar-refractivity contribution < 1.29 is 15.0 Å². The highest BCUT2D eigenvalue weighted by molar-refractivity contribution is 6.30. The summed E-state index contributed by atoms with van der Waals surface area (Å²) in [5, 5.41) is 23.6. The summed E-state index contributed by atoms with van der Waals surface area (Å²) in [6.45, 7) is 1.48. The molecule has 0 bridgehead atoms. The molecule has 0 unspecified atom stereocenters. The molecule has 2 aromatic rings. The summed E-state index contributed by atoms with van der Waals surface area (Å²) in [4.78, 5) is 12.2. The molecule has 0 aliphatic heterocycles. The van der Waals surface area contributed by atoms with Gasteiger partial charge in [0.1, 0.15) is 5.60 Å². The Bertz CT molecular complexity index is 641. The maximum absolute atomic E-state index is 12.2. The van der Waals surface area contributed by atoms with Crippen molar-refractivity contribution in [3.05, 3.63) is 70.7 Å². The highest BCUT2D eigenvalue weighted by Crippen LogP contribution is 2.17. The maximum atomic E-state index is 12.2. The Labute approximate surface area is 140 Å². The SMILES string of the molecule is C[C@@](O)(Cc1ccccc1)C(=O)NC[C@@H](O)c1ccc(Cl)cc1. The molecule has 0 fully saturated rings. The van der Waals surface area contributed by atoms with Gasteiger partial charge in [-0.25, -0.2) is 0 Å². The van der Waals surface area contributed by atoms with Crippen LogP contribution >= 0.6 is 11.6 Å². The minimum absolute atomic E-state index is 0.0193. The Balaban J connectivity index is 1.91. The second kappa shape index (κ2) is 7.59. The van der Waals surface area contributed by atoms with Gasteiger partial charge in [-0.3, -0.25) is 4.79 Å². The van der Waals surface area contributed by atoms with E-state index in [4.69, 9.17) is 11.6 Å². The molecule has 0 saturated heterocycles. The molecule has 4 nitrogen and oxygen atoms in total. The van der Waals surface area contributed by atoms with Crippen LogP contribution in [0.15, 0.2) is 54.6 Å². The Morgan fingerprint density at radius 2 is 1.78 bits per heavy atom. The number of amides is 1. The zero-order valence-electron chi connectivity index (χ0n) is 12.9. The number of aliphatic hydroxyl groups excluding tert-OH is 1. The van der Waals surface area contributed by atoms with Crippen molar-refractivity contribution in [2.75, 3.05) is 6.54 Å². The first-order valence-electron chi connectivity index (χ1n) is 7.36. The maximum Gasteiger partial charge on any atom is 0.252 e. The third-order valence-electron chi connectivity index (χ3n) is 3.59. The fourth-order valence-electron chi connectivity index (χ4n) is 2.26. The molecular formula is C18H20ClNO3. The van der Waals surface area contributed by atoms with Gasteiger partial charge < -0.3 is 15.5 Å². The first kappa shape index (κ1) is 17.5. The van der Waals surface area contributed by atoms with E-state index < -0.39 is 17.6 Å². The van der Waals surface area contributed by atoms with Crippen LogP contribution in [-0.2, 0) is 11.2 Å². The van der Waals surface area contributed by atoms with E-state index in [1.165, 1.54) is 6.92 Å². The van der Waals surface area contributed by atoms with Gasteiger partial charge in [0.2, 0.25) is 0 Å². The zero-order valence-corrected chi connectivity index (χ0v) is 13.6. The van der Waals surface area contributed by atoms with Crippen molar-refractivity contribution in [2.24, 2.45) is 0 Å². The summed E-state index contributed by atoms with van der Waals surface area (Å²) in [5.74, 6) is -0.519. The predicted octanol–water partition coefficient (Wildman–Crippen LogP) is 2.48. The van der Waals surface area contributed by atoms with Crippen LogP contribution in [0.5, 0.6) is 0 Å². The number of aliphatic hydroxyl groups is 2. The van der Waals surface area contributed by atoms with E-state index in [9.17, 15) is 15.0 Å². The normalized spacial score (nSPS) is 14.8. The van der Waals surface area contributed by atoms with E-state index >= 15 is 0 Å². The second-order valence-corrected chi connectivity index (χ2v) is 6.15. The number of benzene rings is 2. The fraction of sp³-hybridized carbons (Fsp3) is 0.278. The molecule has 0 heterocycles. The minimum atomic E-state index is -1.54. The summed E-state index contributed by atoms with van der Waals surface area (Å²) in [5.41, 5.74) is -0.0237. The topological polar surface area (TPSA) is 69.6 Å². The van der Waals surface area contributed by atoms with Crippen LogP contribution in [0.1, 0.15) is 24.2 Å². The number of carbonyl (C=O) groups excluding carboxylic acids is 1. The number of carbonyl (C=O) groups is 1. The van der Waals surface area contributed by atoms with E-state index in [0.29, 0.717) is 10.6 Å². The third kappa shape index (κ3) is 5.06. The number of nitrogens with one attached hydrogen (secondary N) is 1. The van der Waals surface area contributed by atoms with Crippen molar-refractivity contribution in [1.29, 1.82) is 0 Å². The van der Waals surface area contributed by atoms with Crippen LogP contribution in [0.3, 0.4) is 0 Å². The fourth-order valence-corrected chi connectivity index (χ4v) is 2.38. The molecule has 3 N–H and O–H groups in total. The highest BCUT2D eigenvalue weighted by atomic mass is 35.5. The summed E-state index contributed by atoms with van der Waals surface area (Å²) >= 11 is 5.80. The van der Waals surface area contributed by atoms with Crippen molar-refractivity contribution in [3.63, 3.8) is 0 Å². The average Bonchev–Trinajstić information content (AvgIpc) is 2.53. The van der Waals surface area contributed by atoms with Crippen LogP contribution < -0.4 is 5.32 Å². The van der Waals surface area contributed by atoms with Crippen LogP contribution in [0.2, 0.25) is 5.02 Å². The van der Waals surface area contributed by atoms with E-state index in [2.05, 4.69) is 5.32 Å². The molecule has 1 amide bonds. The van der Waals surface area contributed by atoms with Gasteiger partial charge in [-0.05, 0) is 30.2 Å². The standard InChI is InChI=1S/C18H20ClNO3/c1-18(23,11-13-5-3-2-4-6-13)17(22)20-12-16(21)14-7-9-15(19)10-8-14/h2-10,16,21,23H,11-12H2,1H3,(H,20,22)/t16-,18-/m1/s1. The lowest BCUT2D eigenvalue weighted by Crippen LogP contribution is -2.47. The Morgan fingerprint density at radius 3 is 2.39 bits per heavy atom. The molecule has 0 aliphatic carbocycles. The van der Waals surface area contributed by atoms with Crippen LogP contribution in [0.25, 0.3) is 0 Å². The van der Waals surface area contributed by atoms with Gasteiger partial charge >= 0.3 is 0 Å². The molecule has 2 rings (SSSR count). The van der Waals surface area contributed by atoms with Gasteiger partial charge in [-0.2, -0.15) is 0 Å². The molecule has 0 aliphatic rings. The average molecular weight is 334 g/mol. The largest absolute Gasteiger partial charge is 0.387 e. The predicted molar refractivity (Wildman–Crippen MR) is 90.2 cm³/mol. The summed E-state index contributed by atoms with van der Waals surface area (Å²) in [6.07, 6.45) is -0.653. The Morgan fingerprint density at radius 1 is 1.17 bits per heavy atom. The van der Waals surface area contributed by atoms with E-state index in [1.54, 1.807) is 24.3 Å². The van der Waals surface area contributed by atoms with E-state index in [1.807, 2.05) is 30.3 Å². The van der Waals surface area contributed by atoms with Gasteiger partial charge in [0.25, 0.3) is 5.91 Å². The lowest BCUT2D eigenvalue weighted by atomic mass is 9.95. The van der Waals surface area contributed by atoms with Gasteiger partial charge in [-0.15, -0.1) is 0 Å². The first-order valence-corrected chi connectivity index (χ1v) is 7.74.